The van der Waals surface area contributed by atoms with Gasteiger partial charge >= 0.3 is 75.5 Å². The van der Waals surface area contributed by atoms with E-state index >= 15 is 0 Å². The molecule has 184 valence electrons. The van der Waals surface area contributed by atoms with E-state index in [4.69, 9.17) is 9.47 Å². The quantitative estimate of drug-likeness (QED) is 0.215. The Morgan fingerprint density at radius 2 is 1.79 bits per heavy atom. The zero-order valence-corrected chi connectivity index (χ0v) is 23.5. The van der Waals surface area contributed by atoms with Crippen molar-refractivity contribution in [2.75, 3.05) is 0 Å². The molecule has 0 saturated heterocycles. The van der Waals surface area contributed by atoms with Crippen molar-refractivity contribution in [2.24, 2.45) is 17.3 Å². The van der Waals surface area contributed by atoms with Gasteiger partial charge < -0.3 is 19.7 Å². The zero-order valence-electron chi connectivity index (χ0n) is 20.6. The molecule has 2 heterocycles. The first-order chi connectivity index (χ1) is 15.6. The molecule has 2 fully saturated rings. The molecule has 0 aromatic rings. The predicted octanol–water partition coefficient (Wildman–Crippen LogP) is 4.34. The molecule has 33 heavy (non-hydrogen) atoms. The summed E-state index contributed by atoms with van der Waals surface area (Å²) in [6.07, 6.45) is 6.63. The van der Waals surface area contributed by atoms with Crippen molar-refractivity contribution in [3.05, 3.63) is 23.7 Å². The number of ether oxygens (including phenoxy) is 2. The van der Waals surface area contributed by atoms with Crippen LogP contribution in [0.3, 0.4) is 0 Å². The van der Waals surface area contributed by atoms with Crippen molar-refractivity contribution in [1.29, 1.82) is 0 Å². The molecule has 2 saturated carbocycles. The molecule has 0 aromatic heterocycles. The Hall–Kier alpha value is -0.861. The fourth-order valence-corrected chi connectivity index (χ4v) is 10.2. The Bertz CT molecular complexity index is 801. The second kappa shape index (κ2) is 10.8. The molecule has 0 unspecified atom stereocenters. The number of esters is 1. The van der Waals surface area contributed by atoms with Gasteiger partial charge in [0.25, 0.3) is 0 Å². The van der Waals surface area contributed by atoms with Crippen LogP contribution in [0, 0.1) is 17.3 Å². The van der Waals surface area contributed by atoms with Crippen molar-refractivity contribution >= 4 is 32.9 Å². The van der Waals surface area contributed by atoms with Crippen LogP contribution in [0.15, 0.2) is 23.7 Å². The van der Waals surface area contributed by atoms with E-state index in [9.17, 15) is 19.8 Å². The summed E-state index contributed by atoms with van der Waals surface area (Å²) in [5, 5.41) is 22.1. The molecular formula is C26H40O6Sn. The van der Waals surface area contributed by atoms with Crippen LogP contribution in [0.2, 0.25) is 8.87 Å². The van der Waals surface area contributed by atoms with Crippen molar-refractivity contribution < 1.29 is 29.3 Å². The van der Waals surface area contributed by atoms with Gasteiger partial charge in [0.05, 0.1) is 5.60 Å². The van der Waals surface area contributed by atoms with Gasteiger partial charge in [0, 0.05) is 17.3 Å². The molecular weight excluding hydrogens is 527 g/mol. The van der Waals surface area contributed by atoms with Crippen molar-refractivity contribution in [2.45, 2.75) is 106 Å². The van der Waals surface area contributed by atoms with E-state index in [0.717, 1.165) is 12.8 Å². The Labute approximate surface area is 208 Å². The number of ketones is 1. The van der Waals surface area contributed by atoms with Crippen molar-refractivity contribution in [1.82, 2.24) is 0 Å². The van der Waals surface area contributed by atoms with Gasteiger partial charge in [-0.05, 0) is 12.8 Å². The number of cyclic esters (lactones) is 1. The van der Waals surface area contributed by atoms with E-state index in [2.05, 4.69) is 20.4 Å². The van der Waals surface area contributed by atoms with E-state index in [1.54, 1.807) is 15.8 Å². The molecule has 2 aliphatic heterocycles. The standard InChI is InChI=1S/C18H22O6.2C4H9.Sn/c1-8-12-15(20)18(22)7-5-4-6-10(18)17(8,3)14(19)11-13(24-12)9(2)23-16(11)21;2*1-3-4-2;/h8,10,12,15,20,22H,2,4-7H2,1,3H3;2*1,3-4H2,2H3;/t8-,10+,12+,15-,17-,18+;;;/m1.../s1. The molecule has 0 spiro atoms. The summed E-state index contributed by atoms with van der Waals surface area (Å²) in [6, 6.07) is 0. The summed E-state index contributed by atoms with van der Waals surface area (Å²) in [7, 11) is 0. The summed E-state index contributed by atoms with van der Waals surface area (Å²) in [6.45, 7) is 11.8. The molecule has 2 bridgehead atoms. The third kappa shape index (κ3) is 4.68. The van der Waals surface area contributed by atoms with Crippen LogP contribution in [0.25, 0.3) is 0 Å². The van der Waals surface area contributed by atoms with Gasteiger partial charge in [-0.25, -0.2) is 4.79 Å². The first kappa shape index (κ1) is 26.7. The summed E-state index contributed by atoms with van der Waals surface area (Å²) >= 11 is 0.149. The van der Waals surface area contributed by atoms with Gasteiger partial charge in [0.15, 0.2) is 17.3 Å². The first-order valence-corrected chi connectivity index (χ1v) is 16.7. The number of aliphatic hydroxyl groups excluding tert-OH is 1. The Morgan fingerprint density at radius 3 is 2.39 bits per heavy atom. The number of hydrogen-bond donors (Lipinski definition) is 2. The van der Waals surface area contributed by atoms with Crippen LogP contribution in [-0.2, 0) is 19.1 Å². The van der Waals surface area contributed by atoms with Crippen LogP contribution >= 0.6 is 0 Å². The predicted molar refractivity (Wildman–Crippen MR) is 128 cm³/mol. The Morgan fingerprint density at radius 1 is 1.15 bits per heavy atom. The average Bonchev–Trinajstić information content (AvgIpc) is 3.04. The molecule has 7 heteroatoms. The monoisotopic (exact) mass is 568 g/mol. The number of aliphatic hydroxyl groups is 2. The van der Waals surface area contributed by atoms with Gasteiger partial charge in [0.1, 0.15) is 17.8 Å². The summed E-state index contributed by atoms with van der Waals surface area (Å²) < 4.78 is 14.1. The maximum atomic E-state index is 13.4. The van der Waals surface area contributed by atoms with Gasteiger partial charge in [-0.2, -0.15) is 0 Å². The van der Waals surface area contributed by atoms with Gasteiger partial charge in [-0.15, -0.1) is 0 Å². The number of carbonyl (C=O) groups is 2. The van der Waals surface area contributed by atoms with E-state index in [1.807, 2.05) is 6.92 Å². The minimum absolute atomic E-state index is 0.00568. The molecule has 4 aliphatic rings. The minimum atomic E-state index is -1.38. The van der Waals surface area contributed by atoms with Crippen LogP contribution in [0.4, 0.5) is 0 Å². The van der Waals surface area contributed by atoms with Crippen molar-refractivity contribution in [3.8, 4) is 0 Å². The third-order valence-corrected chi connectivity index (χ3v) is 12.2. The van der Waals surface area contributed by atoms with Crippen LogP contribution in [0.1, 0.15) is 79.1 Å². The fraction of sp³-hybridized carbons (Fsp3) is 0.769. The number of Topliss-reactive ketones (excluding diaryl/α,β-unsaturated/α-hetero) is 1. The number of hydrogen-bond acceptors (Lipinski definition) is 6. The molecule has 6 atom stereocenters. The molecule has 2 radical (unpaired) electrons. The van der Waals surface area contributed by atoms with Crippen LogP contribution < -0.4 is 0 Å². The average molecular weight is 567 g/mol. The zero-order chi connectivity index (χ0) is 24.4. The number of fused-ring (bicyclic) bond motifs is 4. The number of unbranched alkanes of at least 4 members (excludes halogenated alkanes) is 2. The van der Waals surface area contributed by atoms with Crippen LogP contribution in [0.5, 0.6) is 0 Å². The molecule has 6 nitrogen and oxygen atoms in total. The fourth-order valence-electron chi connectivity index (χ4n) is 6.00. The van der Waals surface area contributed by atoms with E-state index in [-0.39, 0.29) is 49.9 Å². The third-order valence-electron chi connectivity index (χ3n) is 8.19. The SMILES string of the molecule is C=C1OC(=O)C2=C1O[C@@H]1[C@@H](O)[C@]3(O)CCCC[C@H]3[C@](C)(C2=O)[C@@H]1C.CCC[CH2][Sn][CH2]CCC. The molecule has 2 aliphatic carbocycles. The molecule has 4 rings (SSSR count). The van der Waals surface area contributed by atoms with Crippen LogP contribution in [-0.4, -0.2) is 60.9 Å². The normalized spacial score (nSPS) is 37.3. The van der Waals surface area contributed by atoms with Gasteiger partial charge in [0.2, 0.25) is 0 Å². The van der Waals surface area contributed by atoms with E-state index in [1.165, 1.54) is 25.7 Å². The summed E-state index contributed by atoms with van der Waals surface area (Å²) in [4.78, 5) is 25.5. The molecule has 0 aromatic carbocycles. The van der Waals surface area contributed by atoms with Crippen molar-refractivity contribution in [3.63, 3.8) is 0 Å². The number of carbonyl (C=O) groups excluding carboxylic acids is 2. The molecule has 0 amide bonds. The molecule has 2 N–H and O–H groups in total. The topological polar surface area (TPSA) is 93.1 Å². The maximum absolute atomic E-state index is 13.4. The van der Waals surface area contributed by atoms with E-state index in [0.29, 0.717) is 12.8 Å². The Balaban J connectivity index is 0.000000292. The second-order valence-electron chi connectivity index (χ2n) is 10.2. The second-order valence-corrected chi connectivity index (χ2v) is 14.5. The number of rotatable bonds is 6. The van der Waals surface area contributed by atoms with Gasteiger partial charge in [-0.1, -0.05) is 33.3 Å². The summed E-state index contributed by atoms with van der Waals surface area (Å²) in [5.41, 5.74) is -2.51. The summed E-state index contributed by atoms with van der Waals surface area (Å²) in [5.74, 6) is -1.89. The first-order valence-electron chi connectivity index (χ1n) is 12.6. The van der Waals surface area contributed by atoms with Gasteiger partial charge in [-0.3, -0.25) is 4.79 Å². The van der Waals surface area contributed by atoms with E-state index < -0.39 is 35.1 Å². The Kier molecular flexibility index (Phi) is 8.76.